The van der Waals surface area contributed by atoms with Gasteiger partial charge >= 0.3 is 0 Å². The maximum absolute atomic E-state index is 12.5. The molecule has 1 atom stereocenters. The van der Waals surface area contributed by atoms with Gasteiger partial charge in [-0.15, -0.1) is 0 Å². The lowest BCUT2D eigenvalue weighted by molar-refractivity contribution is 0.0941. The molecule has 1 N–H and O–H groups in total. The van der Waals surface area contributed by atoms with Gasteiger partial charge in [0.25, 0.3) is 5.91 Å². The standard InChI is InChI=1S/C21H28N2O2/c1-6-16-8-11-17(12-9-16)19(23(3)4)14-22-21(24)18-10-7-15(2)20(13-18)25-5/h7-13,19H,6,14H2,1-5H3,(H,22,24). The fourth-order valence-corrected chi connectivity index (χ4v) is 2.83. The van der Waals surface area contributed by atoms with Crippen LogP contribution in [-0.2, 0) is 6.42 Å². The van der Waals surface area contributed by atoms with Crippen molar-refractivity contribution in [2.45, 2.75) is 26.3 Å². The third-order valence-corrected chi connectivity index (χ3v) is 4.52. The lowest BCUT2D eigenvalue weighted by Gasteiger charge is -2.25. The average Bonchev–Trinajstić information content (AvgIpc) is 2.62. The Bertz CT molecular complexity index is 708. The lowest BCUT2D eigenvalue weighted by atomic mass is 10.0. The second kappa shape index (κ2) is 8.67. The summed E-state index contributed by atoms with van der Waals surface area (Å²) >= 11 is 0. The number of aryl methyl sites for hydroxylation is 2. The van der Waals surface area contributed by atoms with E-state index in [4.69, 9.17) is 4.74 Å². The predicted molar refractivity (Wildman–Crippen MR) is 102 cm³/mol. The van der Waals surface area contributed by atoms with Gasteiger partial charge in [0, 0.05) is 12.1 Å². The van der Waals surface area contributed by atoms with Crippen LogP contribution in [0, 0.1) is 6.92 Å². The first-order chi connectivity index (χ1) is 12.0. The topological polar surface area (TPSA) is 41.6 Å². The molecule has 1 unspecified atom stereocenters. The Morgan fingerprint density at radius 3 is 2.40 bits per heavy atom. The highest BCUT2D eigenvalue weighted by atomic mass is 16.5. The largest absolute Gasteiger partial charge is 0.496 e. The molecule has 0 heterocycles. The van der Waals surface area contributed by atoms with Gasteiger partial charge in [-0.05, 0) is 56.3 Å². The summed E-state index contributed by atoms with van der Waals surface area (Å²) in [6.45, 7) is 4.66. The van der Waals surface area contributed by atoms with Gasteiger partial charge in [-0.3, -0.25) is 4.79 Å². The molecule has 1 amide bonds. The Labute approximate surface area is 150 Å². The summed E-state index contributed by atoms with van der Waals surface area (Å²) in [4.78, 5) is 14.6. The molecule has 0 aliphatic rings. The van der Waals surface area contributed by atoms with Crippen molar-refractivity contribution < 1.29 is 9.53 Å². The summed E-state index contributed by atoms with van der Waals surface area (Å²) in [5.41, 5.74) is 4.14. The first kappa shape index (κ1) is 19.0. The van der Waals surface area contributed by atoms with E-state index >= 15 is 0 Å². The molecule has 4 nitrogen and oxygen atoms in total. The van der Waals surface area contributed by atoms with E-state index in [1.165, 1.54) is 11.1 Å². The van der Waals surface area contributed by atoms with Crippen LogP contribution in [0.4, 0.5) is 0 Å². The van der Waals surface area contributed by atoms with E-state index in [9.17, 15) is 4.79 Å². The Morgan fingerprint density at radius 1 is 1.16 bits per heavy atom. The maximum atomic E-state index is 12.5. The molecule has 0 aliphatic carbocycles. The van der Waals surface area contributed by atoms with Gasteiger partial charge in [-0.1, -0.05) is 37.3 Å². The summed E-state index contributed by atoms with van der Waals surface area (Å²) in [6, 6.07) is 14.2. The van der Waals surface area contributed by atoms with E-state index in [1.54, 1.807) is 13.2 Å². The van der Waals surface area contributed by atoms with E-state index in [0.717, 1.165) is 17.7 Å². The molecular weight excluding hydrogens is 312 g/mol. The van der Waals surface area contributed by atoms with Gasteiger partial charge in [0.2, 0.25) is 0 Å². The molecule has 0 fully saturated rings. The van der Waals surface area contributed by atoms with Crippen molar-refractivity contribution in [3.63, 3.8) is 0 Å². The second-order valence-electron chi connectivity index (χ2n) is 6.47. The molecule has 25 heavy (non-hydrogen) atoms. The Kier molecular flexibility index (Phi) is 6.59. The minimum Gasteiger partial charge on any atom is -0.496 e. The minimum absolute atomic E-state index is 0.0877. The van der Waals surface area contributed by atoms with Crippen molar-refractivity contribution in [1.82, 2.24) is 10.2 Å². The quantitative estimate of drug-likeness (QED) is 0.837. The minimum atomic E-state index is -0.0877. The number of nitrogens with zero attached hydrogens (tertiary/aromatic N) is 1. The number of hydrogen-bond donors (Lipinski definition) is 1. The number of carbonyl (C=O) groups excluding carboxylic acids is 1. The van der Waals surface area contributed by atoms with Gasteiger partial charge in [0.1, 0.15) is 5.75 Å². The number of ether oxygens (including phenoxy) is 1. The molecule has 2 aromatic carbocycles. The van der Waals surface area contributed by atoms with Crippen LogP contribution in [0.15, 0.2) is 42.5 Å². The molecule has 2 aromatic rings. The smallest absolute Gasteiger partial charge is 0.251 e. The molecule has 0 saturated carbocycles. The van der Waals surface area contributed by atoms with Crippen LogP contribution in [0.25, 0.3) is 0 Å². The highest BCUT2D eigenvalue weighted by Crippen LogP contribution is 2.20. The SMILES string of the molecule is CCc1ccc(C(CNC(=O)c2ccc(C)c(OC)c2)N(C)C)cc1. The first-order valence-electron chi connectivity index (χ1n) is 8.64. The molecule has 0 bridgehead atoms. The van der Waals surface area contributed by atoms with Crippen molar-refractivity contribution in [3.8, 4) is 5.75 Å². The van der Waals surface area contributed by atoms with E-state index in [1.807, 2.05) is 33.2 Å². The van der Waals surface area contributed by atoms with Gasteiger partial charge in [-0.2, -0.15) is 0 Å². The number of benzene rings is 2. The number of hydrogen-bond acceptors (Lipinski definition) is 3. The molecular formula is C21H28N2O2. The zero-order valence-corrected chi connectivity index (χ0v) is 15.8. The normalized spacial score (nSPS) is 12.1. The molecule has 0 aromatic heterocycles. The Morgan fingerprint density at radius 2 is 1.84 bits per heavy atom. The van der Waals surface area contributed by atoms with Crippen LogP contribution in [0.2, 0.25) is 0 Å². The number of methoxy groups -OCH3 is 1. The van der Waals surface area contributed by atoms with Crippen molar-refractivity contribution in [2.75, 3.05) is 27.7 Å². The van der Waals surface area contributed by atoms with E-state index in [2.05, 4.69) is 41.4 Å². The van der Waals surface area contributed by atoms with Crippen LogP contribution < -0.4 is 10.1 Å². The number of rotatable bonds is 7. The van der Waals surface area contributed by atoms with E-state index in [0.29, 0.717) is 12.1 Å². The third-order valence-electron chi connectivity index (χ3n) is 4.52. The van der Waals surface area contributed by atoms with Crippen LogP contribution in [0.3, 0.4) is 0 Å². The van der Waals surface area contributed by atoms with Crippen LogP contribution >= 0.6 is 0 Å². The molecule has 0 saturated heterocycles. The van der Waals surface area contributed by atoms with Crippen molar-refractivity contribution in [1.29, 1.82) is 0 Å². The fraction of sp³-hybridized carbons (Fsp3) is 0.381. The van der Waals surface area contributed by atoms with Crippen molar-refractivity contribution >= 4 is 5.91 Å². The summed E-state index contributed by atoms with van der Waals surface area (Å²) in [7, 11) is 5.67. The van der Waals surface area contributed by atoms with Crippen molar-refractivity contribution in [3.05, 3.63) is 64.7 Å². The lowest BCUT2D eigenvalue weighted by Crippen LogP contribution is -2.34. The Balaban J connectivity index is 2.08. The summed E-state index contributed by atoms with van der Waals surface area (Å²) in [5, 5.41) is 3.04. The average molecular weight is 340 g/mol. The monoisotopic (exact) mass is 340 g/mol. The zero-order valence-electron chi connectivity index (χ0n) is 15.8. The third kappa shape index (κ3) is 4.83. The van der Waals surface area contributed by atoms with Crippen LogP contribution in [-0.4, -0.2) is 38.6 Å². The van der Waals surface area contributed by atoms with E-state index < -0.39 is 0 Å². The molecule has 134 valence electrons. The number of carbonyl (C=O) groups is 1. The van der Waals surface area contributed by atoms with Crippen LogP contribution in [0.1, 0.15) is 40.0 Å². The molecule has 0 radical (unpaired) electrons. The van der Waals surface area contributed by atoms with Gasteiger partial charge < -0.3 is 15.0 Å². The number of amides is 1. The molecule has 0 aliphatic heterocycles. The van der Waals surface area contributed by atoms with Crippen molar-refractivity contribution in [2.24, 2.45) is 0 Å². The molecule has 4 heteroatoms. The summed E-state index contributed by atoms with van der Waals surface area (Å²) in [6.07, 6.45) is 1.03. The van der Waals surface area contributed by atoms with Crippen LogP contribution in [0.5, 0.6) is 5.75 Å². The van der Waals surface area contributed by atoms with E-state index in [-0.39, 0.29) is 11.9 Å². The van der Waals surface area contributed by atoms with Gasteiger partial charge in [0.05, 0.1) is 13.2 Å². The predicted octanol–water partition coefficient (Wildman–Crippen LogP) is 3.60. The second-order valence-corrected chi connectivity index (χ2v) is 6.47. The molecule has 0 spiro atoms. The van der Waals surface area contributed by atoms with Gasteiger partial charge in [0.15, 0.2) is 0 Å². The van der Waals surface area contributed by atoms with Gasteiger partial charge in [-0.25, -0.2) is 0 Å². The fourth-order valence-electron chi connectivity index (χ4n) is 2.83. The maximum Gasteiger partial charge on any atom is 0.251 e. The summed E-state index contributed by atoms with van der Waals surface area (Å²) in [5.74, 6) is 0.641. The summed E-state index contributed by atoms with van der Waals surface area (Å²) < 4.78 is 5.30. The number of nitrogens with one attached hydrogen (secondary N) is 1. The Hall–Kier alpha value is -2.33. The molecule has 2 rings (SSSR count). The highest BCUT2D eigenvalue weighted by Gasteiger charge is 2.16. The zero-order chi connectivity index (χ0) is 18.4. The first-order valence-corrected chi connectivity index (χ1v) is 8.64. The number of likely N-dealkylation sites (N-methyl/N-ethyl adjacent to an activating group) is 1. The highest BCUT2D eigenvalue weighted by molar-refractivity contribution is 5.94.